The lowest BCUT2D eigenvalue weighted by Crippen LogP contribution is -2.36. The number of carbonyl (C=O) groups is 2. The van der Waals surface area contributed by atoms with Gasteiger partial charge in [-0.3, -0.25) is 14.5 Å². The van der Waals surface area contributed by atoms with Gasteiger partial charge < -0.3 is 9.84 Å². The van der Waals surface area contributed by atoms with Gasteiger partial charge in [-0.25, -0.2) is 4.98 Å². The van der Waals surface area contributed by atoms with Gasteiger partial charge in [0.1, 0.15) is 16.2 Å². The zero-order valence-electron chi connectivity index (χ0n) is 23.1. The molecular formula is C29H44N2O4S2. The topological polar surface area (TPSA) is 79.5 Å². The van der Waals surface area contributed by atoms with E-state index in [9.17, 15) is 14.7 Å². The summed E-state index contributed by atoms with van der Waals surface area (Å²) in [4.78, 5) is 33.5. The van der Waals surface area contributed by atoms with E-state index in [0.717, 1.165) is 53.8 Å². The summed E-state index contributed by atoms with van der Waals surface area (Å²) in [5.74, 6) is 0.155. The molecule has 2 aliphatic heterocycles. The van der Waals surface area contributed by atoms with Crippen molar-refractivity contribution >= 4 is 40.9 Å². The minimum atomic E-state index is -0.686. The minimum Gasteiger partial charge on any atom is -0.458 e. The highest BCUT2D eigenvalue weighted by Gasteiger charge is 2.49. The first-order valence-electron chi connectivity index (χ1n) is 13.9. The predicted molar refractivity (Wildman–Crippen MR) is 151 cm³/mol. The second-order valence-corrected chi connectivity index (χ2v) is 13.9. The number of ketones is 1. The minimum absolute atomic E-state index is 0.0264. The smallest absolute Gasteiger partial charge is 0.306 e. The fourth-order valence-corrected chi connectivity index (χ4v) is 6.94. The maximum absolute atomic E-state index is 13.2. The average Bonchev–Trinajstić information content (AvgIpc) is 3.76. The van der Waals surface area contributed by atoms with Crippen molar-refractivity contribution in [1.82, 2.24) is 9.88 Å². The lowest BCUT2D eigenvalue weighted by atomic mass is 9.76. The molecule has 0 bridgehead atoms. The molecular weight excluding hydrogens is 504 g/mol. The molecule has 5 unspecified atom stereocenters. The van der Waals surface area contributed by atoms with Gasteiger partial charge in [0.15, 0.2) is 0 Å². The normalized spacial score (nSPS) is 34.1. The van der Waals surface area contributed by atoms with Gasteiger partial charge in [-0.05, 0) is 62.9 Å². The molecule has 2 saturated heterocycles. The molecule has 0 aromatic carbocycles. The highest BCUT2D eigenvalue weighted by molar-refractivity contribution is 8.00. The molecule has 3 heterocycles. The Morgan fingerprint density at radius 3 is 2.65 bits per heavy atom. The molecule has 0 spiro atoms. The van der Waals surface area contributed by atoms with Crippen molar-refractivity contribution in [2.75, 3.05) is 12.8 Å². The number of Topliss-reactive ketones (excluding diaryl/α,β-unsaturated/α-hetero) is 1. The first kappa shape index (κ1) is 28.8. The van der Waals surface area contributed by atoms with E-state index in [0.29, 0.717) is 24.9 Å². The number of cyclic esters (lactones) is 1. The van der Waals surface area contributed by atoms with E-state index >= 15 is 0 Å². The summed E-state index contributed by atoms with van der Waals surface area (Å²) in [6, 6.07) is 0.939. The van der Waals surface area contributed by atoms with Crippen LogP contribution < -0.4 is 0 Å². The third-order valence-electron chi connectivity index (χ3n) is 8.52. The standard InChI is InChI=1S/C29H44N2O4S2/c1-18(14-21-17-37-28(30-21)36-5)25-15-23-22(31(23)16-20-10-11-20)8-6-7-9-24(32)19(2)27(34)29(3,4)13-12-26(33)35-25/h14,17,19-20,22-25,32H,6-13,15-16H2,1-5H3/b18-14+/t19-,22?,23?,24?,25?,31?/m1/s1. The molecule has 8 heteroatoms. The second kappa shape index (κ2) is 12.3. The number of hydrogen-bond donors (Lipinski definition) is 1. The Balaban J connectivity index is 1.53. The first-order valence-corrected chi connectivity index (χ1v) is 16.0. The Labute approximate surface area is 230 Å². The molecule has 1 aliphatic carbocycles. The number of aromatic nitrogens is 1. The molecule has 1 aromatic rings. The fourth-order valence-electron chi connectivity index (χ4n) is 5.72. The number of hydrogen-bond acceptors (Lipinski definition) is 8. The van der Waals surface area contributed by atoms with E-state index in [-0.39, 0.29) is 24.3 Å². The lowest BCUT2D eigenvalue weighted by molar-refractivity contribution is -0.148. The van der Waals surface area contributed by atoms with Crippen molar-refractivity contribution < 1.29 is 19.4 Å². The van der Waals surface area contributed by atoms with Gasteiger partial charge in [-0.1, -0.05) is 45.4 Å². The van der Waals surface area contributed by atoms with Crippen LogP contribution in [0.25, 0.3) is 6.08 Å². The molecule has 206 valence electrons. The van der Waals surface area contributed by atoms with Gasteiger partial charge in [-0.15, -0.1) is 11.3 Å². The number of rotatable bonds is 5. The number of aliphatic hydroxyl groups is 1. The molecule has 37 heavy (non-hydrogen) atoms. The molecule has 1 aromatic heterocycles. The summed E-state index contributed by atoms with van der Waals surface area (Å²) in [7, 11) is 0. The van der Waals surface area contributed by atoms with Crippen LogP contribution in [-0.4, -0.2) is 63.8 Å². The Hall–Kier alpha value is -1.22. The quantitative estimate of drug-likeness (QED) is 0.275. The highest BCUT2D eigenvalue weighted by Crippen LogP contribution is 2.42. The van der Waals surface area contributed by atoms with Crippen LogP contribution in [0.4, 0.5) is 0 Å². The maximum atomic E-state index is 13.2. The fraction of sp³-hybridized carbons (Fsp3) is 0.759. The maximum Gasteiger partial charge on any atom is 0.306 e. The molecule has 6 nitrogen and oxygen atoms in total. The van der Waals surface area contributed by atoms with E-state index in [1.807, 2.05) is 34.0 Å². The van der Waals surface area contributed by atoms with Gasteiger partial charge in [0.05, 0.1) is 11.8 Å². The molecule has 0 radical (unpaired) electrons. The van der Waals surface area contributed by atoms with Crippen molar-refractivity contribution in [3.05, 3.63) is 16.6 Å². The van der Waals surface area contributed by atoms with Gasteiger partial charge in [0.25, 0.3) is 0 Å². The van der Waals surface area contributed by atoms with Crippen molar-refractivity contribution in [2.45, 2.75) is 114 Å². The van der Waals surface area contributed by atoms with E-state index < -0.39 is 17.4 Å². The number of carbonyl (C=O) groups excluding carboxylic acids is 2. The second-order valence-electron chi connectivity index (χ2n) is 12.0. The van der Waals surface area contributed by atoms with Crippen molar-refractivity contribution in [2.24, 2.45) is 17.3 Å². The van der Waals surface area contributed by atoms with Gasteiger partial charge >= 0.3 is 5.97 Å². The van der Waals surface area contributed by atoms with Gasteiger partial charge in [0.2, 0.25) is 0 Å². The molecule has 0 amide bonds. The number of aliphatic hydroxyl groups excluding tert-OH is 1. The summed E-state index contributed by atoms with van der Waals surface area (Å²) in [6.07, 6.45) is 10.9. The van der Waals surface area contributed by atoms with Crippen LogP contribution in [-0.2, 0) is 14.3 Å². The van der Waals surface area contributed by atoms with E-state index in [1.54, 1.807) is 23.1 Å². The SMILES string of the molecule is CSc1nc(/C=C(\C)C2CC3C(CCCCC(O)[C@@H](C)C(=O)C(C)(C)CCC(=O)O2)N3CC2CC2)cs1. The number of thiazole rings is 1. The van der Waals surface area contributed by atoms with Crippen molar-refractivity contribution in [1.29, 1.82) is 0 Å². The molecule has 1 saturated carbocycles. The summed E-state index contributed by atoms with van der Waals surface area (Å²) >= 11 is 3.27. The molecule has 4 rings (SSSR count). The molecule has 1 N–H and O–H groups in total. The largest absolute Gasteiger partial charge is 0.458 e. The lowest BCUT2D eigenvalue weighted by Gasteiger charge is -2.29. The summed E-state index contributed by atoms with van der Waals surface area (Å²) in [5, 5.41) is 12.7. The number of nitrogens with zero attached hydrogens (tertiary/aromatic N) is 2. The van der Waals surface area contributed by atoms with Crippen LogP contribution in [0.2, 0.25) is 0 Å². The Bertz CT molecular complexity index is 986. The van der Waals surface area contributed by atoms with Gasteiger partial charge in [0, 0.05) is 48.2 Å². The van der Waals surface area contributed by atoms with E-state index in [2.05, 4.69) is 21.3 Å². The monoisotopic (exact) mass is 548 g/mol. The zero-order valence-corrected chi connectivity index (χ0v) is 24.7. The Kier molecular flexibility index (Phi) is 9.58. The summed E-state index contributed by atoms with van der Waals surface area (Å²) in [6.45, 7) is 8.79. The van der Waals surface area contributed by atoms with Crippen LogP contribution in [0.15, 0.2) is 15.3 Å². The van der Waals surface area contributed by atoms with Crippen LogP contribution in [0.5, 0.6) is 0 Å². The third kappa shape index (κ3) is 7.68. The number of thioether (sulfide) groups is 1. The predicted octanol–water partition coefficient (Wildman–Crippen LogP) is 5.98. The summed E-state index contributed by atoms with van der Waals surface area (Å²) in [5.41, 5.74) is 1.25. The van der Waals surface area contributed by atoms with Crippen LogP contribution in [0, 0.1) is 17.3 Å². The first-order chi connectivity index (χ1) is 17.6. The van der Waals surface area contributed by atoms with Gasteiger partial charge in [-0.2, -0.15) is 0 Å². The van der Waals surface area contributed by atoms with E-state index in [4.69, 9.17) is 4.74 Å². The van der Waals surface area contributed by atoms with Crippen molar-refractivity contribution in [3.8, 4) is 0 Å². The number of fused-ring (bicyclic) bond motifs is 1. The van der Waals surface area contributed by atoms with E-state index in [1.165, 1.54) is 12.8 Å². The Morgan fingerprint density at radius 2 is 1.97 bits per heavy atom. The molecule has 3 aliphatic rings. The third-order valence-corrected chi connectivity index (χ3v) is 10.4. The van der Waals surface area contributed by atoms with Crippen molar-refractivity contribution in [3.63, 3.8) is 0 Å². The summed E-state index contributed by atoms with van der Waals surface area (Å²) < 4.78 is 7.16. The zero-order chi connectivity index (χ0) is 26.7. The highest BCUT2D eigenvalue weighted by atomic mass is 32.2. The molecule has 6 atom stereocenters. The van der Waals surface area contributed by atoms with Crippen LogP contribution in [0.1, 0.15) is 91.2 Å². The van der Waals surface area contributed by atoms with Crippen LogP contribution >= 0.6 is 23.1 Å². The van der Waals surface area contributed by atoms with Crippen LogP contribution in [0.3, 0.4) is 0 Å². The average molecular weight is 549 g/mol. The number of ether oxygens (including phenoxy) is 1. The molecule has 3 fully saturated rings. The Morgan fingerprint density at radius 1 is 1.24 bits per heavy atom. The number of esters is 1.